The number of carbonyl (C=O) groups is 2. The second kappa shape index (κ2) is 8.40. The average Bonchev–Trinajstić information content (AvgIpc) is 3.30. The summed E-state index contributed by atoms with van der Waals surface area (Å²) in [7, 11) is 1.39. The van der Waals surface area contributed by atoms with Crippen LogP contribution in [0.25, 0.3) is 11.3 Å². The summed E-state index contributed by atoms with van der Waals surface area (Å²) in [4.78, 5) is 41.4. The lowest BCUT2D eigenvalue weighted by molar-refractivity contribution is -0.384. The molecular weight excluding hydrogens is 424 g/mol. The Morgan fingerprint density at radius 3 is 2.90 bits per heavy atom. The summed E-state index contributed by atoms with van der Waals surface area (Å²) in [6.07, 6.45) is 0. The maximum absolute atomic E-state index is 12.7. The molecule has 0 bridgehead atoms. The molecule has 0 aliphatic carbocycles. The number of nitro benzene ring substituents is 1. The molecule has 0 fully saturated rings. The first kappa shape index (κ1) is 20.3. The zero-order valence-corrected chi connectivity index (χ0v) is 17.0. The van der Waals surface area contributed by atoms with E-state index in [2.05, 4.69) is 10.3 Å². The molecule has 2 aromatic carbocycles. The number of rotatable bonds is 6. The SMILES string of the molecule is COc1ccc(NC(=O)CN2C(=O)COc3ccc(-c4cscn4)cc32)c([N+](=O)[O-])c1. The summed E-state index contributed by atoms with van der Waals surface area (Å²) in [5.41, 5.74) is 3.34. The summed E-state index contributed by atoms with van der Waals surface area (Å²) in [5.74, 6) is -0.241. The number of thiazole rings is 1. The van der Waals surface area contributed by atoms with Gasteiger partial charge in [0.05, 0.1) is 35.0 Å². The maximum atomic E-state index is 12.7. The van der Waals surface area contributed by atoms with Gasteiger partial charge in [-0.1, -0.05) is 0 Å². The van der Waals surface area contributed by atoms with Gasteiger partial charge in [0.25, 0.3) is 11.6 Å². The zero-order valence-electron chi connectivity index (χ0n) is 16.2. The van der Waals surface area contributed by atoms with Crippen LogP contribution in [0, 0.1) is 10.1 Å². The van der Waals surface area contributed by atoms with E-state index in [1.54, 1.807) is 17.6 Å². The van der Waals surface area contributed by atoms with Gasteiger partial charge < -0.3 is 14.8 Å². The first-order valence-electron chi connectivity index (χ1n) is 9.04. The van der Waals surface area contributed by atoms with Gasteiger partial charge in [0.1, 0.15) is 23.7 Å². The third-order valence-corrected chi connectivity index (χ3v) is 5.19. The highest BCUT2D eigenvalue weighted by Gasteiger charge is 2.28. The van der Waals surface area contributed by atoms with Crippen LogP contribution < -0.4 is 19.7 Å². The Kier molecular flexibility index (Phi) is 5.50. The number of nitro groups is 1. The minimum atomic E-state index is -0.618. The van der Waals surface area contributed by atoms with Crippen molar-refractivity contribution in [2.75, 3.05) is 30.5 Å². The van der Waals surface area contributed by atoms with Gasteiger partial charge in [-0.15, -0.1) is 11.3 Å². The minimum absolute atomic E-state index is 0.00737. The number of hydrogen-bond acceptors (Lipinski definition) is 8. The van der Waals surface area contributed by atoms with Crippen LogP contribution in [0.2, 0.25) is 0 Å². The molecule has 11 heteroatoms. The van der Waals surface area contributed by atoms with E-state index < -0.39 is 16.7 Å². The number of nitrogens with zero attached hydrogens (tertiary/aromatic N) is 3. The summed E-state index contributed by atoms with van der Waals surface area (Å²) >= 11 is 1.44. The number of methoxy groups -OCH3 is 1. The highest BCUT2D eigenvalue weighted by atomic mass is 32.1. The van der Waals surface area contributed by atoms with E-state index in [-0.39, 0.29) is 30.3 Å². The topological polar surface area (TPSA) is 124 Å². The Hall–Kier alpha value is -3.99. The molecule has 158 valence electrons. The first-order chi connectivity index (χ1) is 15.0. The van der Waals surface area contributed by atoms with E-state index in [1.807, 2.05) is 11.4 Å². The van der Waals surface area contributed by atoms with E-state index in [4.69, 9.17) is 9.47 Å². The van der Waals surface area contributed by atoms with Crippen LogP contribution in [0.4, 0.5) is 17.1 Å². The number of anilines is 2. The molecule has 0 radical (unpaired) electrons. The molecule has 1 aliphatic rings. The van der Waals surface area contributed by atoms with Crippen molar-refractivity contribution in [3.05, 3.63) is 57.4 Å². The van der Waals surface area contributed by atoms with Gasteiger partial charge in [0.15, 0.2) is 6.61 Å². The normalized spacial score (nSPS) is 12.7. The molecule has 4 rings (SSSR count). The van der Waals surface area contributed by atoms with Crippen molar-refractivity contribution in [2.45, 2.75) is 0 Å². The third kappa shape index (κ3) is 4.16. The summed E-state index contributed by atoms with van der Waals surface area (Å²) in [6, 6.07) is 9.36. The fourth-order valence-electron chi connectivity index (χ4n) is 3.12. The van der Waals surface area contributed by atoms with Gasteiger partial charge in [0, 0.05) is 10.9 Å². The van der Waals surface area contributed by atoms with E-state index in [0.29, 0.717) is 11.4 Å². The van der Waals surface area contributed by atoms with Crippen LogP contribution in [-0.4, -0.2) is 42.0 Å². The Bertz CT molecular complexity index is 1160. The van der Waals surface area contributed by atoms with Gasteiger partial charge in [0.2, 0.25) is 5.91 Å². The molecule has 1 N–H and O–H groups in total. The molecule has 0 unspecified atom stereocenters. The monoisotopic (exact) mass is 440 g/mol. The van der Waals surface area contributed by atoms with Crippen LogP contribution in [0.15, 0.2) is 47.3 Å². The second-order valence-corrected chi connectivity index (χ2v) is 7.23. The fraction of sp³-hybridized carbons (Fsp3) is 0.150. The number of aromatic nitrogens is 1. The Morgan fingerprint density at radius 2 is 2.19 bits per heavy atom. The number of carbonyl (C=O) groups excluding carboxylic acids is 2. The predicted octanol–water partition coefficient (Wildman–Crippen LogP) is 3.09. The number of amides is 2. The molecule has 0 atom stereocenters. The molecular formula is C20H16N4O6S. The second-order valence-electron chi connectivity index (χ2n) is 6.51. The van der Waals surface area contributed by atoms with Crippen molar-refractivity contribution in [1.82, 2.24) is 4.98 Å². The summed E-state index contributed by atoms with van der Waals surface area (Å²) in [5, 5.41) is 15.7. The number of hydrogen-bond donors (Lipinski definition) is 1. The number of benzene rings is 2. The summed E-state index contributed by atoms with van der Waals surface area (Å²) in [6.45, 7) is -0.544. The number of fused-ring (bicyclic) bond motifs is 1. The van der Waals surface area contributed by atoms with Crippen LogP contribution in [0.5, 0.6) is 11.5 Å². The molecule has 31 heavy (non-hydrogen) atoms. The standard InChI is InChI=1S/C20H16N4O6S/c1-29-13-3-4-14(16(7-13)24(27)28)22-19(25)8-23-17-6-12(15-10-31-11-21-15)2-5-18(17)30-9-20(23)26/h2-7,10-11H,8-9H2,1H3,(H,22,25). The van der Waals surface area contributed by atoms with E-state index in [9.17, 15) is 19.7 Å². The lowest BCUT2D eigenvalue weighted by Crippen LogP contribution is -2.43. The third-order valence-electron chi connectivity index (χ3n) is 4.61. The largest absolute Gasteiger partial charge is 0.496 e. The van der Waals surface area contributed by atoms with Crippen LogP contribution >= 0.6 is 11.3 Å². The molecule has 2 heterocycles. The number of nitrogens with one attached hydrogen (secondary N) is 1. The number of ether oxygens (including phenoxy) is 2. The fourth-order valence-corrected chi connectivity index (χ4v) is 3.68. The molecule has 0 saturated carbocycles. The molecule has 1 aromatic heterocycles. The van der Waals surface area contributed by atoms with Crippen molar-refractivity contribution in [2.24, 2.45) is 0 Å². The van der Waals surface area contributed by atoms with Crippen LogP contribution in [0.1, 0.15) is 0 Å². The van der Waals surface area contributed by atoms with Crippen LogP contribution in [-0.2, 0) is 9.59 Å². The predicted molar refractivity (Wildman–Crippen MR) is 114 cm³/mol. The quantitative estimate of drug-likeness (QED) is 0.461. The Labute approximate surface area is 180 Å². The minimum Gasteiger partial charge on any atom is -0.496 e. The smallest absolute Gasteiger partial charge is 0.296 e. The molecule has 10 nitrogen and oxygen atoms in total. The van der Waals surface area contributed by atoms with Gasteiger partial charge >= 0.3 is 0 Å². The highest BCUT2D eigenvalue weighted by molar-refractivity contribution is 7.07. The van der Waals surface area contributed by atoms with Crippen molar-refractivity contribution >= 4 is 40.2 Å². The first-order valence-corrected chi connectivity index (χ1v) is 9.98. The highest BCUT2D eigenvalue weighted by Crippen LogP contribution is 2.36. The molecule has 1 aliphatic heterocycles. The average molecular weight is 440 g/mol. The van der Waals surface area contributed by atoms with E-state index in [0.717, 1.165) is 11.3 Å². The van der Waals surface area contributed by atoms with Crippen LogP contribution in [0.3, 0.4) is 0 Å². The van der Waals surface area contributed by atoms with Crippen molar-refractivity contribution in [3.63, 3.8) is 0 Å². The zero-order chi connectivity index (χ0) is 22.0. The Balaban J connectivity index is 1.59. The van der Waals surface area contributed by atoms with Crippen molar-refractivity contribution in [1.29, 1.82) is 0 Å². The lowest BCUT2D eigenvalue weighted by atomic mass is 10.1. The van der Waals surface area contributed by atoms with E-state index >= 15 is 0 Å². The van der Waals surface area contributed by atoms with Gasteiger partial charge in [-0.2, -0.15) is 0 Å². The van der Waals surface area contributed by atoms with Gasteiger partial charge in [-0.05, 0) is 30.3 Å². The van der Waals surface area contributed by atoms with Gasteiger partial charge in [-0.3, -0.25) is 24.6 Å². The van der Waals surface area contributed by atoms with Gasteiger partial charge in [-0.25, -0.2) is 4.98 Å². The summed E-state index contributed by atoms with van der Waals surface area (Å²) < 4.78 is 10.5. The Morgan fingerprint density at radius 1 is 1.35 bits per heavy atom. The molecule has 0 saturated heterocycles. The molecule has 0 spiro atoms. The maximum Gasteiger partial charge on any atom is 0.296 e. The molecule has 2 amide bonds. The van der Waals surface area contributed by atoms with Crippen molar-refractivity contribution < 1.29 is 24.0 Å². The van der Waals surface area contributed by atoms with Crippen molar-refractivity contribution in [3.8, 4) is 22.8 Å². The lowest BCUT2D eigenvalue weighted by Gasteiger charge is -2.29. The van der Waals surface area contributed by atoms with E-state index in [1.165, 1.54) is 41.5 Å². The molecule has 3 aromatic rings.